The molecule has 2 amide bonds. The number of para-hydroxylation sites is 1. The molecule has 1 atom stereocenters. The van der Waals surface area contributed by atoms with E-state index in [1.165, 1.54) is 26.0 Å². The molecule has 0 spiro atoms. The van der Waals surface area contributed by atoms with Crippen LogP contribution in [0.4, 0.5) is 11.4 Å². The van der Waals surface area contributed by atoms with Crippen molar-refractivity contribution in [1.82, 2.24) is 0 Å². The van der Waals surface area contributed by atoms with Crippen LogP contribution in [0.1, 0.15) is 26.7 Å². The first-order chi connectivity index (χ1) is 18.0. The molecule has 0 aliphatic carbocycles. The number of rotatable bonds is 9. The van der Waals surface area contributed by atoms with Crippen LogP contribution in [-0.4, -0.2) is 26.0 Å². The molecule has 4 rings (SSSR count). The lowest BCUT2D eigenvalue weighted by Gasteiger charge is -2.18. The highest BCUT2D eigenvalue weighted by molar-refractivity contribution is 8.00. The Labute approximate surface area is 221 Å². The van der Waals surface area contributed by atoms with Gasteiger partial charge in [0, 0.05) is 16.3 Å². The van der Waals surface area contributed by atoms with Crippen molar-refractivity contribution >= 4 is 35.0 Å². The summed E-state index contributed by atoms with van der Waals surface area (Å²) in [5.74, 6) is 0.353. The number of aryl methyl sites for hydroxylation is 1. The van der Waals surface area contributed by atoms with Gasteiger partial charge in [-0.3, -0.25) is 9.59 Å². The van der Waals surface area contributed by atoms with Crippen molar-refractivity contribution in [1.29, 1.82) is 0 Å². The Balaban J connectivity index is 1.58. The molecule has 6 nitrogen and oxygen atoms in total. The zero-order chi connectivity index (χ0) is 26.2. The number of carbonyl (C=O) groups is 2. The molecular weight excluding hydrogens is 484 g/mol. The topological polar surface area (TPSA) is 76.7 Å². The first kappa shape index (κ1) is 25.9. The van der Waals surface area contributed by atoms with Crippen LogP contribution in [0.3, 0.4) is 0 Å². The Bertz CT molecular complexity index is 1370. The summed E-state index contributed by atoms with van der Waals surface area (Å²) >= 11 is 1.41. The highest BCUT2D eigenvalue weighted by Gasteiger charge is 2.23. The van der Waals surface area contributed by atoms with Crippen LogP contribution in [0.5, 0.6) is 11.5 Å². The summed E-state index contributed by atoms with van der Waals surface area (Å²) < 4.78 is 10.7. The number of hydrogen-bond donors (Lipinski definition) is 2. The third-order valence-electron chi connectivity index (χ3n) is 5.74. The van der Waals surface area contributed by atoms with E-state index >= 15 is 0 Å². The van der Waals surface area contributed by atoms with Crippen molar-refractivity contribution in [3.05, 3.63) is 114 Å². The first-order valence-corrected chi connectivity index (χ1v) is 12.6. The fraction of sp³-hybridized carbons (Fsp3) is 0.133. The molecule has 0 aromatic heterocycles. The molecular formula is C30H28N2O4S. The van der Waals surface area contributed by atoms with Crippen molar-refractivity contribution in [3.63, 3.8) is 0 Å². The monoisotopic (exact) mass is 512 g/mol. The molecule has 0 fully saturated rings. The molecule has 37 heavy (non-hydrogen) atoms. The first-order valence-electron chi connectivity index (χ1n) is 11.7. The van der Waals surface area contributed by atoms with E-state index in [0.29, 0.717) is 22.7 Å². The van der Waals surface area contributed by atoms with Crippen molar-refractivity contribution in [2.24, 2.45) is 0 Å². The number of methoxy groups -OCH3 is 2. The maximum Gasteiger partial charge on any atom is 0.263 e. The number of amides is 2. The highest BCUT2D eigenvalue weighted by Crippen LogP contribution is 2.38. The van der Waals surface area contributed by atoms with Crippen molar-refractivity contribution < 1.29 is 19.1 Å². The normalized spacial score (nSPS) is 11.3. The number of anilines is 2. The number of hydrogen-bond acceptors (Lipinski definition) is 5. The third-order valence-corrected chi connectivity index (χ3v) is 6.99. The largest absolute Gasteiger partial charge is 0.496 e. The van der Waals surface area contributed by atoms with E-state index in [0.717, 1.165) is 21.7 Å². The minimum absolute atomic E-state index is 0.126. The molecule has 0 heterocycles. The Morgan fingerprint density at radius 1 is 0.757 bits per heavy atom. The lowest BCUT2D eigenvalue weighted by molar-refractivity contribution is -0.115. The lowest BCUT2D eigenvalue weighted by atomic mass is 10.1. The standard InChI is InChI=1S/C30H28N2O4S/c1-20-11-7-8-16-24(20)32-30(34)28(21-12-5-4-6-13-21)37-23-15-9-14-22(19-23)31-29(33)27-25(35-2)17-10-18-26(27)36-3/h4-19,28H,1-3H3,(H,31,33)(H,32,34). The van der Waals surface area contributed by atoms with Gasteiger partial charge in [-0.2, -0.15) is 0 Å². The van der Waals surface area contributed by atoms with E-state index in [1.807, 2.05) is 79.7 Å². The fourth-order valence-electron chi connectivity index (χ4n) is 3.86. The van der Waals surface area contributed by atoms with Gasteiger partial charge >= 0.3 is 0 Å². The van der Waals surface area contributed by atoms with Crippen molar-refractivity contribution in [3.8, 4) is 11.5 Å². The molecule has 4 aromatic rings. The summed E-state index contributed by atoms with van der Waals surface area (Å²) in [5.41, 5.74) is 3.55. The van der Waals surface area contributed by atoms with Gasteiger partial charge in [0.25, 0.3) is 5.91 Å². The van der Waals surface area contributed by atoms with Gasteiger partial charge in [0.15, 0.2) is 0 Å². The number of benzene rings is 4. The second-order valence-electron chi connectivity index (χ2n) is 8.23. The Kier molecular flexibility index (Phi) is 8.48. The van der Waals surface area contributed by atoms with Gasteiger partial charge in [-0.15, -0.1) is 11.8 Å². The number of nitrogens with one attached hydrogen (secondary N) is 2. The molecule has 0 saturated carbocycles. The SMILES string of the molecule is COc1cccc(OC)c1C(=O)Nc1cccc(SC(C(=O)Nc2ccccc2C)c2ccccc2)c1. The van der Waals surface area contributed by atoms with E-state index in [1.54, 1.807) is 24.3 Å². The molecule has 0 radical (unpaired) electrons. The molecule has 188 valence electrons. The van der Waals surface area contributed by atoms with Crippen LogP contribution in [0, 0.1) is 6.92 Å². The smallest absolute Gasteiger partial charge is 0.263 e. The van der Waals surface area contributed by atoms with Gasteiger partial charge in [-0.25, -0.2) is 0 Å². The average Bonchev–Trinajstić information content (AvgIpc) is 2.93. The van der Waals surface area contributed by atoms with Crippen LogP contribution >= 0.6 is 11.8 Å². The maximum atomic E-state index is 13.4. The van der Waals surface area contributed by atoms with E-state index in [2.05, 4.69) is 10.6 Å². The summed E-state index contributed by atoms with van der Waals surface area (Å²) in [4.78, 5) is 27.4. The van der Waals surface area contributed by atoms with E-state index in [9.17, 15) is 9.59 Å². The average molecular weight is 513 g/mol. The van der Waals surface area contributed by atoms with Crippen LogP contribution in [0.15, 0.2) is 102 Å². The quantitative estimate of drug-likeness (QED) is 0.243. The van der Waals surface area contributed by atoms with Crippen molar-refractivity contribution in [2.45, 2.75) is 17.1 Å². The van der Waals surface area contributed by atoms with Gasteiger partial charge in [0.1, 0.15) is 22.3 Å². The molecule has 0 saturated heterocycles. The molecule has 0 aliphatic rings. The fourth-order valence-corrected chi connectivity index (χ4v) is 4.95. The second-order valence-corrected chi connectivity index (χ2v) is 9.41. The molecule has 0 bridgehead atoms. The number of thioether (sulfide) groups is 1. The van der Waals surface area contributed by atoms with Crippen LogP contribution in [-0.2, 0) is 4.79 Å². The van der Waals surface area contributed by atoms with Gasteiger partial charge in [0.05, 0.1) is 14.2 Å². The van der Waals surface area contributed by atoms with Crippen LogP contribution in [0.2, 0.25) is 0 Å². The van der Waals surface area contributed by atoms with Crippen LogP contribution < -0.4 is 20.1 Å². The third kappa shape index (κ3) is 6.32. The van der Waals surface area contributed by atoms with Crippen LogP contribution in [0.25, 0.3) is 0 Å². The van der Waals surface area contributed by atoms with Gasteiger partial charge in [-0.1, -0.05) is 60.7 Å². The molecule has 7 heteroatoms. The maximum absolute atomic E-state index is 13.4. The summed E-state index contributed by atoms with van der Waals surface area (Å²) in [6, 6.07) is 29.9. The Morgan fingerprint density at radius 2 is 1.41 bits per heavy atom. The minimum atomic E-state index is -0.499. The zero-order valence-electron chi connectivity index (χ0n) is 20.9. The molecule has 4 aromatic carbocycles. The summed E-state index contributed by atoms with van der Waals surface area (Å²) in [6.45, 7) is 1.96. The summed E-state index contributed by atoms with van der Waals surface area (Å²) in [7, 11) is 3.02. The van der Waals surface area contributed by atoms with E-state index in [4.69, 9.17) is 9.47 Å². The van der Waals surface area contributed by atoms with Gasteiger partial charge < -0.3 is 20.1 Å². The summed E-state index contributed by atoms with van der Waals surface area (Å²) in [6.07, 6.45) is 0. The van der Waals surface area contributed by atoms with Gasteiger partial charge in [-0.05, 0) is 54.4 Å². The Morgan fingerprint density at radius 3 is 2.08 bits per heavy atom. The second kappa shape index (κ2) is 12.1. The lowest BCUT2D eigenvalue weighted by Crippen LogP contribution is -2.19. The van der Waals surface area contributed by atoms with Gasteiger partial charge in [0.2, 0.25) is 5.91 Å². The van der Waals surface area contributed by atoms with Crippen molar-refractivity contribution in [2.75, 3.05) is 24.9 Å². The predicted octanol–water partition coefficient (Wildman–Crippen LogP) is 6.74. The molecule has 2 N–H and O–H groups in total. The number of carbonyl (C=O) groups excluding carboxylic acids is 2. The highest BCUT2D eigenvalue weighted by atomic mass is 32.2. The molecule has 1 unspecified atom stereocenters. The Hall–Kier alpha value is -4.23. The summed E-state index contributed by atoms with van der Waals surface area (Å²) in [5, 5.41) is 5.49. The van der Waals surface area contributed by atoms with E-state index in [-0.39, 0.29) is 11.8 Å². The predicted molar refractivity (Wildman–Crippen MR) is 149 cm³/mol. The zero-order valence-corrected chi connectivity index (χ0v) is 21.7. The minimum Gasteiger partial charge on any atom is -0.496 e. The van der Waals surface area contributed by atoms with E-state index < -0.39 is 5.25 Å². The molecule has 0 aliphatic heterocycles. The number of ether oxygens (including phenoxy) is 2.